The van der Waals surface area contributed by atoms with Crippen LogP contribution in [0, 0.1) is 13.8 Å². The smallest absolute Gasteiger partial charge is 0.204 e. The van der Waals surface area contributed by atoms with Gasteiger partial charge in [-0.05, 0) is 38.0 Å². The average Bonchev–Trinajstić information content (AvgIpc) is 2.94. The van der Waals surface area contributed by atoms with Gasteiger partial charge >= 0.3 is 0 Å². The summed E-state index contributed by atoms with van der Waals surface area (Å²) in [5.41, 5.74) is 5.95. The molecule has 1 aromatic heterocycles. The highest BCUT2D eigenvalue weighted by atomic mass is 16.4. The third-order valence-electron chi connectivity index (χ3n) is 4.61. The van der Waals surface area contributed by atoms with Gasteiger partial charge in [0.2, 0.25) is 5.88 Å². The average molecular weight is 321 g/mol. The van der Waals surface area contributed by atoms with E-state index in [4.69, 9.17) is 4.42 Å². The predicted octanol–water partition coefficient (Wildman–Crippen LogP) is 6.34. The standard InChI is InChI=1S/C22H27NO/c1-5-6-7-14-23(4)22-21(18-11-8-16(2)9-12-18)19-15-17(3)10-13-20(19)24-22/h8-13,15H,5-7,14H2,1-4H3. The lowest BCUT2D eigenvalue weighted by molar-refractivity contribution is 0.586. The van der Waals surface area contributed by atoms with Crippen LogP contribution in [0.1, 0.15) is 37.3 Å². The molecule has 2 heteroatoms. The van der Waals surface area contributed by atoms with E-state index in [-0.39, 0.29) is 0 Å². The van der Waals surface area contributed by atoms with Gasteiger partial charge in [-0.3, -0.25) is 0 Å². The van der Waals surface area contributed by atoms with Gasteiger partial charge in [-0.25, -0.2) is 0 Å². The van der Waals surface area contributed by atoms with E-state index in [0.717, 1.165) is 18.0 Å². The molecule has 2 nitrogen and oxygen atoms in total. The number of fused-ring (bicyclic) bond motifs is 1. The van der Waals surface area contributed by atoms with Crippen LogP contribution in [0.15, 0.2) is 46.9 Å². The van der Waals surface area contributed by atoms with Gasteiger partial charge in [0.15, 0.2) is 0 Å². The van der Waals surface area contributed by atoms with E-state index in [1.54, 1.807) is 0 Å². The van der Waals surface area contributed by atoms with Gasteiger partial charge in [-0.2, -0.15) is 0 Å². The monoisotopic (exact) mass is 321 g/mol. The van der Waals surface area contributed by atoms with Crippen LogP contribution in [0.5, 0.6) is 0 Å². The van der Waals surface area contributed by atoms with Crippen molar-refractivity contribution < 1.29 is 4.42 Å². The quantitative estimate of drug-likeness (QED) is 0.492. The fourth-order valence-corrected chi connectivity index (χ4v) is 3.17. The van der Waals surface area contributed by atoms with Gasteiger partial charge in [0.1, 0.15) is 5.58 Å². The van der Waals surface area contributed by atoms with Crippen LogP contribution < -0.4 is 4.90 Å². The van der Waals surface area contributed by atoms with Crippen molar-refractivity contribution in [3.63, 3.8) is 0 Å². The van der Waals surface area contributed by atoms with E-state index >= 15 is 0 Å². The molecule has 0 radical (unpaired) electrons. The van der Waals surface area contributed by atoms with Crippen molar-refractivity contribution in [2.45, 2.75) is 40.0 Å². The maximum atomic E-state index is 6.26. The summed E-state index contributed by atoms with van der Waals surface area (Å²) in [6, 6.07) is 15.2. The van der Waals surface area contributed by atoms with Crippen LogP contribution in [0.3, 0.4) is 0 Å². The molecule has 1 heterocycles. The summed E-state index contributed by atoms with van der Waals surface area (Å²) in [6.45, 7) is 7.52. The number of benzene rings is 2. The first-order valence-electron chi connectivity index (χ1n) is 8.91. The molecule has 24 heavy (non-hydrogen) atoms. The topological polar surface area (TPSA) is 16.4 Å². The van der Waals surface area contributed by atoms with Gasteiger partial charge in [-0.15, -0.1) is 0 Å². The molecule has 0 aliphatic rings. The maximum Gasteiger partial charge on any atom is 0.204 e. The second-order valence-corrected chi connectivity index (χ2v) is 6.78. The van der Waals surface area contributed by atoms with Crippen molar-refractivity contribution in [3.05, 3.63) is 53.6 Å². The molecule has 0 fully saturated rings. The number of nitrogens with zero attached hydrogens (tertiary/aromatic N) is 1. The number of hydrogen-bond acceptors (Lipinski definition) is 2. The molecule has 3 rings (SSSR count). The fourth-order valence-electron chi connectivity index (χ4n) is 3.17. The number of unbranched alkanes of at least 4 members (excludes halogenated alkanes) is 2. The summed E-state index contributed by atoms with van der Waals surface area (Å²) in [6.07, 6.45) is 3.68. The molecule has 0 saturated carbocycles. The number of furan rings is 1. The van der Waals surface area contributed by atoms with Gasteiger partial charge in [-0.1, -0.05) is 61.2 Å². The first kappa shape index (κ1) is 16.6. The summed E-state index contributed by atoms with van der Waals surface area (Å²) in [5.74, 6) is 0.982. The Morgan fingerprint density at radius 2 is 1.62 bits per heavy atom. The molecule has 0 N–H and O–H groups in total. The molecular formula is C22H27NO. The van der Waals surface area contributed by atoms with E-state index in [1.807, 2.05) is 0 Å². The zero-order chi connectivity index (χ0) is 17.1. The molecule has 0 unspecified atom stereocenters. The van der Waals surface area contributed by atoms with E-state index in [2.05, 4.69) is 75.2 Å². The van der Waals surface area contributed by atoms with Crippen LogP contribution >= 0.6 is 0 Å². The Morgan fingerprint density at radius 1 is 0.917 bits per heavy atom. The van der Waals surface area contributed by atoms with Gasteiger partial charge in [0.25, 0.3) is 0 Å². The Bertz CT molecular complexity index is 814. The van der Waals surface area contributed by atoms with E-state index < -0.39 is 0 Å². The highest BCUT2D eigenvalue weighted by Gasteiger charge is 2.19. The zero-order valence-corrected chi connectivity index (χ0v) is 15.2. The summed E-state index contributed by atoms with van der Waals surface area (Å²) in [7, 11) is 2.14. The van der Waals surface area contributed by atoms with Crippen LogP contribution in [-0.2, 0) is 0 Å². The molecular weight excluding hydrogens is 294 g/mol. The lowest BCUT2D eigenvalue weighted by Gasteiger charge is -2.18. The van der Waals surface area contributed by atoms with Crippen molar-refractivity contribution in [2.24, 2.45) is 0 Å². The van der Waals surface area contributed by atoms with Crippen molar-refractivity contribution in [1.82, 2.24) is 0 Å². The third kappa shape index (κ3) is 3.33. The van der Waals surface area contributed by atoms with Crippen LogP contribution in [0.2, 0.25) is 0 Å². The van der Waals surface area contributed by atoms with Crippen molar-refractivity contribution in [3.8, 4) is 11.1 Å². The summed E-state index contributed by atoms with van der Waals surface area (Å²) >= 11 is 0. The Hall–Kier alpha value is -2.22. The second-order valence-electron chi connectivity index (χ2n) is 6.78. The Balaban J connectivity index is 2.10. The maximum absolute atomic E-state index is 6.26. The molecule has 0 aliphatic heterocycles. The highest BCUT2D eigenvalue weighted by molar-refractivity contribution is 6.00. The minimum absolute atomic E-state index is 0.966. The number of anilines is 1. The van der Waals surface area contributed by atoms with E-state index in [0.29, 0.717) is 0 Å². The van der Waals surface area contributed by atoms with Gasteiger partial charge in [0.05, 0.1) is 5.56 Å². The molecule has 0 saturated heterocycles. The van der Waals surface area contributed by atoms with E-state index in [9.17, 15) is 0 Å². The molecule has 126 valence electrons. The minimum atomic E-state index is 0.966. The molecule has 2 aromatic carbocycles. The molecule has 3 aromatic rings. The first-order valence-corrected chi connectivity index (χ1v) is 8.91. The molecule has 0 aliphatic carbocycles. The van der Waals surface area contributed by atoms with Crippen molar-refractivity contribution in [2.75, 3.05) is 18.5 Å². The third-order valence-corrected chi connectivity index (χ3v) is 4.61. The van der Waals surface area contributed by atoms with Crippen LogP contribution in [0.4, 0.5) is 5.88 Å². The zero-order valence-electron chi connectivity index (χ0n) is 15.2. The Labute approximate surface area is 145 Å². The number of hydrogen-bond donors (Lipinski definition) is 0. The summed E-state index contributed by atoms with van der Waals surface area (Å²) in [5, 5.41) is 1.20. The largest absolute Gasteiger partial charge is 0.440 e. The highest BCUT2D eigenvalue weighted by Crippen LogP contribution is 2.40. The SMILES string of the molecule is CCCCCN(C)c1oc2ccc(C)cc2c1-c1ccc(C)cc1. The van der Waals surface area contributed by atoms with Crippen LogP contribution in [-0.4, -0.2) is 13.6 Å². The molecule has 0 amide bonds. The van der Waals surface area contributed by atoms with E-state index in [1.165, 1.54) is 46.9 Å². The van der Waals surface area contributed by atoms with Crippen molar-refractivity contribution >= 4 is 16.9 Å². The normalized spacial score (nSPS) is 11.2. The molecule has 0 atom stereocenters. The Kier molecular flexibility index (Phi) is 4.94. The summed E-state index contributed by atoms with van der Waals surface area (Å²) < 4.78 is 6.26. The van der Waals surface area contributed by atoms with Gasteiger partial charge in [0, 0.05) is 19.0 Å². The van der Waals surface area contributed by atoms with Crippen LogP contribution in [0.25, 0.3) is 22.1 Å². The first-order chi connectivity index (χ1) is 11.6. The summed E-state index contributed by atoms with van der Waals surface area (Å²) in [4.78, 5) is 2.26. The number of aryl methyl sites for hydroxylation is 2. The molecule has 0 bridgehead atoms. The molecule has 0 spiro atoms. The predicted molar refractivity (Wildman–Crippen MR) is 104 cm³/mol. The number of rotatable bonds is 6. The van der Waals surface area contributed by atoms with Gasteiger partial charge < -0.3 is 9.32 Å². The van der Waals surface area contributed by atoms with Crippen molar-refractivity contribution in [1.29, 1.82) is 0 Å². The second kappa shape index (κ2) is 7.12. The Morgan fingerprint density at radius 3 is 2.33 bits per heavy atom. The lowest BCUT2D eigenvalue weighted by Crippen LogP contribution is -2.18. The lowest BCUT2D eigenvalue weighted by atomic mass is 10.0. The fraction of sp³-hybridized carbons (Fsp3) is 0.364. The minimum Gasteiger partial charge on any atom is -0.440 e.